The summed E-state index contributed by atoms with van der Waals surface area (Å²) >= 11 is 0. The van der Waals surface area contributed by atoms with Crippen LogP contribution in [-0.2, 0) is 4.74 Å². The Bertz CT molecular complexity index is 527. The van der Waals surface area contributed by atoms with Crippen molar-refractivity contribution in [3.05, 3.63) is 18.1 Å². The molecule has 2 fully saturated rings. The van der Waals surface area contributed by atoms with Crippen molar-refractivity contribution in [1.29, 1.82) is 0 Å². The molecule has 0 spiro atoms. The van der Waals surface area contributed by atoms with Crippen molar-refractivity contribution in [2.75, 3.05) is 44.7 Å². The molecule has 1 saturated carbocycles. The predicted molar refractivity (Wildman–Crippen MR) is 92.1 cm³/mol. The number of aromatic nitrogens is 2. The Morgan fingerprint density at radius 2 is 2.00 bits per heavy atom. The quantitative estimate of drug-likeness (QED) is 0.816. The van der Waals surface area contributed by atoms with Gasteiger partial charge in [-0.3, -0.25) is 9.69 Å². The van der Waals surface area contributed by atoms with Gasteiger partial charge in [0.1, 0.15) is 17.8 Å². The summed E-state index contributed by atoms with van der Waals surface area (Å²) in [4.78, 5) is 23.0. The van der Waals surface area contributed by atoms with E-state index >= 15 is 0 Å². The molecule has 1 aliphatic heterocycles. The Morgan fingerprint density at radius 1 is 1.21 bits per heavy atom. The summed E-state index contributed by atoms with van der Waals surface area (Å²) in [5.74, 6) is 0.604. The maximum absolute atomic E-state index is 12.3. The third kappa shape index (κ3) is 5.14. The minimum atomic E-state index is -0.0967. The molecule has 2 aliphatic rings. The highest BCUT2D eigenvalue weighted by atomic mass is 16.5. The van der Waals surface area contributed by atoms with Crippen molar-refractivity contribution in [2.45, 2.75) is 38.1 Å². The van der Waals surface area contributed by atoms with E-state index in [0.29, 0.717) is 17.6 Å². The van der Waals surface area contributed by atoms with Crippen LogP contribution in [0.3, 0.4) is 0 Å². The van der Waals surface area contributed by atoms with Crippen molar-refractivity contribution in [3.63, 3.8) is 0 Å². The molecule has 2 heterocycles. The van der Waals surface area contributed by atoms with Crippen molar-refractivity contribution < 1.29 is 9.53 Å². The first-order valence-electron chi connectivity index (χ1n) is 8.98. The zero-order valence-corrected chi connectivity index (χ0v) is 14.2. The molecule has 1 aromatic heterocycles. The van der Waals surface area contributed by atoms with E-state index < -0.39 is 0 Å². The van der Waals surface area contributed by atoms with Gasteiger partial charge in [-0.05, 0) is 12.8 Å². The number of rotatable bonds is 6. The van der Waals surface area contributed by atoms with E-state index in [1.54, 1.807) is 6.07 Å². The highest BCUT2D eigenvalue weighted by Gasteiger charge is 2.17. The maximum atomic E-state index is 12.3. The Balaban J connectivity index is 1.46. The Kier molecular flexibility index (Phi) is 6.37. The highest BCUT2D eigenvalue weighted by Crippen LogP contribution is 2.17. The number of carbonyl (C=O) groups is 1. The summed E-state index contributed by atoms with van der Waals surface area (Å²) in [5, 5.41) is 6.37. The molecule has 1 aliphatic carbocycles. The number of ether oxygens (including phenoxy) is 1. The van der Waals surface area contributed by atoms with Crippen LogP contribution in [0, 0.1) is 0 Å². The van der Waals surface area contributed by atoms with E-state index in [2.05, 4.69) is 25.5 Å². The second kappa shape index (κ2) is 8.94. The molecular formula is C17H27N5O2. The molecule has 7 heteroatoms. The Labute approximate surface area is 143 Å². The lowest BCUT2D eigenvalue weighted by atomic mass is 9.95. The van der Waals surface area contributed by atoms with Crippen LogP contribution in [0.2, 0.25) is 0 Å². The van der Waals surface area contributed by atoms with Gasteiger partial charge in [-0.2, -0.15) is 0 Å². The summed E-state index contributed by atoms with van der Waals surface area (Å²) in [6.45, 7) is 5.29. The number of amides is 1. The van der Waals surface area contributed by atoms with Gasteiger partial charge in [-0.15, -0.1) is 0 Å². The zero-order valence-electron chi connectivity index (χ0n) is 14.2. The number of carbonyl (C=O) groups excluding carboxylic acids is 1. The van der Waals surface area contributed by atoms with Gasteiger partial charge in [0.15, 0.2) is 0 Å². The van der Waals surface area contributed by atoms with Crippen molar-refractivity contribution in [3.8, 4) is 0 Å². The number of anilines is 1. The van der Waals surface area contributed by atoms with E-state index in [1.807, 2.05) is 0 Å². The van der Waals surface area contributed by atoms with Crippen LogP contribution < -0.4 is 10.6 Å². The average molecular weight is 333 g/mol. The number of morpholine rings is 1. The number of hydrogen-bond donors (Lipinski definition) is 2. The van der Waals surface area contributed by atoms with Crippen LogP contribution in [0.5, 0.6) is 0 Å². The van der Waals surface area contributed by atoms with Gasteiger partial charge in [-0.25, -0.2) is 9.97 Å². The van der Waals surface area contributed by atoms with Gasteiger partial charge < -0.3 is 15.4 Å². The standard InChI is InChI=1S/C17H27N5O2/c23-17(21-14-4-2-1-3-5-14)15-12-16(20-13-19-15)18-6-7-22-8-10-24-11-9-22/h12-14H,1-11H2,(H,21,23)(H,18,19,20). The SMILES string of the molecule is O=C(NC1CCCCC1)c1cc(NCCN2CCOCC2)ncn1. The minimum absolute atomic E-state index is 0.0967. The summed E-state index contributed by atoms with van der Waals surface area (Å²) in [6.07, 6.45) is 7.26. The lowest BCUT2D eigenvalue weighted by Crippen LogP contribution is -2.39. The van der Waals surface area contributed by atoms with Gasteiger partial charge in [0.25, 0.3) is 5.91 Å². The summed E-state index contributed by atoms with van der Waals surface area (Å²) in [6, 6.07) is 2.02. The van der Waals surface area contributed by atoms with E-state index in [1.165, 1.54) is 25.6 Å². The molecule has 1 aromatic rings. The fourth-order valence-corrected chi connectivity index (χ4v) is 3.25. The van der Waals surface area contributed by atoms with Gasteiger partial charge in [0, 0.05) is 38.3 Å². The second-order valence-electron chi connectivity index (χ2n) is 6.48. The monoisotopic (exact) mass is 333 g/mol. The molecule has 0 atom stereocenters. The molecule has 3 rings (SSSR count). The zero-order chi connectivity index (χ0) is 16.6. The van der Waals surface area contributed by atoms with Crippen LogP contribution in [0.15, 0.2) is 12.4 Å². The third-order valence-corrected chi connectivity index (χ3v) is 4.68. The Hall–Kier alpha value is -1.73. The molecule has 7 nitrogen and oxygen atoms in total. The third-order valence-electron chi connectivity index (χ3n) is 4.68. The molecular weight excluding hydrogens is 306 g/mol. The normalized spacial score (nSPS) is 19.8. The van der Waals surface area contributed by atoms with Crippen molar-refractivity contribution >= 4 is 11.7 Å². The van der Waals surface area contributed by atoms with Crippen LogP contribution in [0.4, 0.5) is 5.82 Å². The van der Waals surface area contributed by atoms with Crippen LogP contribution >= 0.6 is 0 Å². The smallest absolute Gasteiger partial charge is 0.270 e. The second-order valence-corrected chi connectivity index (χ2v) is 6.48. The van der Waals surface area contributed by atoms with Gasteiger partial charge in [0.2, 0.25) is 0 Å². The maximum Gasteiger partial charge on any atom is 0.270 e. The van der Waals surface area contributed by atoms with E-state index in [-0.39, 0.29) is 5.91 Å². The molecule has 24 heavy (non-hydrogen) atoms. The Morgan fingerprint density at radius 3 is 2.79 bits per heavy atom. The summed E-state index contributed by atoms with van der Waals surface area (Å²) in [5.41, 5.74) is 0.435. The summed E-state index contributed by atoms with van der Waals surface area (Å²) in [7, 11) is 0. The van der Waals surface area contributed by atoms with Crippen LogP contribution in [-0.4, -0.2) is 66.2 Å². The lowest BCUT2D eigenvalue weighted by Gasteiger charge is -2.26. The first-order chi connectivity index (χ1) is 11.8. The van der Waals surface area contributed by atoms with E-state index in [9.17, 15) is 4.79 Å². The van der Waals surface area contributed by atoms with Crippen LogP contribution in [0.1, 0.15) is 42.6 Å². The molecule has 132 valence electrons. The highest BCUT2D eigenvalue weighted by molar-refractivity contribution is 5.93. The van der Waals surface area contributed by atoms with Gasteiger partial charge in [-0.1, -0.05) is 19.3 Å². The van der Waals surface area contributed by atoms with Gasteiger partial charge >= 0.3 is 0 Å². The fraction of sp³-hybridized carbons (Fsp3) is 0.706. The minimum Gasteiger partial charge on any atom is -0.379 e. The molecule has 0 radical (unpaired) electrons. The van der Waals surface area contributed by atoms with Crippen LogP contribution in [0.25, 0.3) is 0 Å². The number of nitrogens with one attached hydrogen (secondary N) is 2. The molecule has 2 N–H and O–H groups in total. The van der Waals surface area contributed by atoms with E-state index in [0.717, 1.165) is 52.2 Å². The molecule has 0 aromatic carbocycles. The van der Waals surface area contributed by atoms with E-state index in [4.69, 9.17) is 4.74 Å². The number of nitrogens with zero attached hydrogens (tertiary/aromatic N) is 3. The topological polar surface area (TPSA) is 79.4 Å². The summed E-state index contributed by atoms with van der Waals surface area (Å²) < 4.78 is 5.34. The lowest BCUT2D eigenvalue weighted by molar-refractivity contribution is 0.0398. The molecule has 0 unspecified atom stereocenters. The molecule has 1 amide bonds. The molecule has 1 saturated heterocycles. The fourth-order valence-electron chi connectivity index (χ4n) is 3.25. The van der Waals surface area contributed by atoms with Gasteiger partial charge in [0.05, 0.1) is 13.2 Å². The first kappa shape index (κ1) is 17.1. The average Bonchev–Trinajstić information content (AvgIpc) is 2.64. The largest absolute Gasteiger partial charge is 0.379 e. The van der Waals surface area contributed by atoms with Crippen molar-refractivity contribution in [1.82, 2.24) is 20.2 Å². The first-order valence-corrected chi connectivity index (χ1v) is 8.98. The molecule has 0 bridgehead atoms. The number of hydrogen-bond acceptors (Lipinski definition) is 6. The van der Waals surface area contributed by atoms with Crippen molar-refractivity contribution in [2.24, 2.45) is 0 Å². The predicted octanol–water partition coefficient (Wildman–Crippen LogP) is 1.28.